The van der Waals surface area contributed by atoms with Crippen molar-refractivity contribution in [3.05, 3.63) is 11.8 Å². The van der Waals surface area contributed by atoms with E-state index >= 15 is 0 Å². The molecule has 2 heterocycles. The molecule has 1 saturated heterocycles. The molecule has 0 radical (unpaired) electrons. The maximum atomic E-state index is 12.0. The summed E-state index contributed by atoms with van der Waals surface area (Å²) in [6.45, 7) is 6.29. The van der Waals surface area contributed by atoms with Crippen LogP contribution in [0.5, 0.6) is 0 Å². The Morgan fingerprint density at radius 3 is 2.95 bits per heavy atom. The summed E-state index contributed by atoms with van der Waals surface area (Å²) in [7, 11) is 1.88. The van der Waals surface area contributed by atoms with E-state index in [0.717, 1.165) is 18.8 Å². The standard InChI is InChI=1S/C14H24N4O.ClH/c1-10(12-5-4-6-15-9-12)7-14(19)16-13-8-11(2)18(3)17-13;/h8,10,12,15H,4-7,9H2,1-3H3,(H,16,17,19);1H. The molecule has 20 heavy (non-hydrogen) atoms. The average Bonchev–Trinajstić information content (AvgIpc) is 2.69. The molecular formula is C14H25ClN4O. The van der Waals surface area contributed by atoms with Crippen LogP contribution >= 0.6 is 12.4 Å². The van der Waals surface area contributed by atoms with Gasteiger partial charge in [-0.2, -0.15) is 5.10 Å². The monoisotopic (exact) mass is 300 g/mol. The first-order valence-corrected chi connectivity index (χ1v) is 7.07. The third-order valence-corrected chi connectivity index (χ3v) is 4.03. The summed E-state index contributed by atoms with van der Waals surface area (Å²) in [5.41, 5.74) is 1.04. The van der Waals surface area contributed by atoms with Crippen molar-refractivity contribution in [3.8, 4) is 0 Å². The van der Waals surface area contributed by atoms with Gasteiger partial charge in [0.2, 0.25) is 5.91 Å². The van der Waals surface area contributed by atoms with Crippen LogP contribution in [0.15, 0.2) is 6.07 Å². The molecule has 114 valence electrons. The minimum absolute atomic E-state index is 0. The number of carbonyl (C=O) groups is 1. The lowest BCUT2D eigenvalue weighted by atomic mass is 9.85. The number of hydrogen-bond donors (Lipinski definition) is 2. The van der Waals surface area contributed by atoms with Crippen LogP contribution in [0.4, 0.5) is 5.82 Å². The molecule has 1 aliphatic rings. The minimum Gasteiger partial charge on any atom is -0.316 e. The Morgan fingerprint density at radius 1 is 1.65 bits per heavy atom. The number of amides is 1. The van der Waals surface area contributed by atoms with Crippen molar-refractivity contribution in [1.82, 2.24) is 15.1 Å². The van der Waals surface area contributed by atoms with Crippen molar-refractivity contribution in [3.63, 3.8) is 0 Å². The van der Waals surface area contributed by atoms with Gasteiger partial charge in [0.15, 0.2) is 5.82 Å². The van der Waals surface area contributed by atoms with E-state index in [1.54, 1.807) is 4.68 Å². The van der Waals surface area contributed by atoms with Gasteiger partial charge in [-0.1, -0.05) is 6.92 Å². The van der Waals surface area contributed by atoms with Gasteiger partial charge in [0.25, 0.3) is 0 Å². The highest BCUT2D eigenvalue weighted by Gasteiger charge is 2.22. The normalized spacial score (nSPS) is 20.1. The topological polar surface area (TPSA) is 59.0 Å². The number of nitrogens with zero attached hydrogens (tertiary/aromatic N) is 2. The number of piperidine rings is 1. The van der Waals surface area contributed by atoms with E-state index in [9.17, 15) is 4.79 Å². The van der Waals surface area contributed by atoms with Crippen LogP contribution in [-0.2, 0) is 11.8 Å². The van der Waals surface area contributed by atoms with Crippen molar-refractivity contribution < 1.29 is 4.79 Å². The Morgan fingerprint density at radius 2 is 2.40 bits per heavy atom. The summed E-state index contributed by atoms with van der Waals surface area (Å²) >= 11 is 0. The van der Waals surface area contributed by atoms with Gasteiger partial charge in [-0.15, -0.1) is 12.4 Å². The molecule has 0 aromatic carbocycles. The number of halogens is 1. The second-order valence-electron chi connectivity index (χ2n) is 5.63. The van der Waals surface area contributed by atoms with E-state index in [1.165, 1.54) is 12.8 Å². The number of nitrogens with one attached hydrogen (secondary N) is 2. The largest absolute Gasteiger partial charge is 0.316 e. The summed E-state index contributed by atoms with van der Waals surface area (Å²) in [6, 6.07) is 1.89. The van der Waals surface area contributed by atoms with E-state index in [0.29, 0.717) is 24.1 Å². The fourth-order valence-electron chi connectivity index (χ4n) is 2.64. The van der Waals surface area contributed by atoms with Crippen LogP contribution in [-0.4, -0.2) is 28.8 Å². The number of hydrogen-bond acceptors (Lipinski definition) is 3. The Kier molecular flexibility index (Phi) is 6.49. The van der Waals surface area contributed by atoms with Crippen LogP contribution in [0.3, 0.4) is 0 Å². The Hall–Kier alpha value is -1.07. The molecule has 0 spiro atoms. The van der Waals surface area contributed by atoms with Gasteiger partial charge in [-0.3, -0.25) is 9.48 Å². The van der Waals surface area contributed by atoms with Gasteiger partial charge in [-0.05, 0) is 44.7 Å². The van der Waals surface area contributed by atoms with E-state index in [-0.39, 0.29) is 18.3 Å². The molecular weight excluding hydrogens is 276 g/mol. The molecule has 0 saturated carbocycles. The van der Waals surface area contributed by atoms with Crippen LogP contribution < -0.4 is 10.6 Å². The van der Waals surface area contributed by atoms with E-state index in [4.69, 9.17) is 0 Å². The zero-order chi connectivity index (χ0) is 13.8. The summed E-state index contributed by atoms with van der Waals surface area (Å²) in [5, 5.41) is 10.5. The third-order valence-electron chi connectivity index (χ3n) is 4.03. The molecule has 2 unspecified atom stereocenters. The van der Waals surface area contributed by atoms with Crippen LogP contribution in [0, 0.1) is 18.8 Å². The van der Waals surface area contributed by atoms with Gasteiger partial charge in [0.05, 0.1) is 0 Å². The molecule has 6 heteroatoms. The fraction of sp³-hybridized carbons (Fsp3) is 0.714. The number of aromatic nitrogens is 2. The van der Waals surface area contributed by atoms with Crippen molar-refractivity contribution in [2.75, 3.05) is 18.4 Å². The van der Waals surface area contributed by atoms with Crippen molar-refractivity contribution in [2.45, 2.75) is 33.1 Å². The lowest BCUT2D eigenvalue weighted by Crippen LogP contribution is -2.34. The highest BCUT2D eigenvalue weighted by molar-refractivity contribution is 5.89. The van der Waals surface area contributed by atoms with E-state index in [2.05, 4.69) is 22.7 Å². The van der Waals surface area contributed by atoms with Gasteiger partial charge in [0, 0.05) is 25.2 Å². The first kappa shape index (κ1) is 17.0. The van der Waals surface area contributed by atoms with Gasteiger partial charge >= 0.3 is 0 Å². The number of aryl methyl sites for hydroxylation is 2. The van der Waals surface area contributed by atoms with Crippen LogP contribution in [0.2, 0.25) is 0 Å². The Bertz CT molecular complexity index is 421. The van der Waals surface area contributed by atoms with E-state index in [1.807, 2.05) is 20.0 Å². The Labute approximate surface area is 126 Å². The SMILES string of the molecule is Cc1cc(NC(=O)CC(C)C2CCCNC2)nn1C.Cl. The smallest absolute Gasteiger partial charge is 0.225 e. The fourth-order valence-corrected chi connectivity index (χ4v) is 2.64. The van der Waals surface area contributed by atoms with Crippen molar-refractivity contribution in [2.24, 2.45) is 18.9 Å². The maximum Gasteiger partial charge on any atom is 0.225 e. The Balaban J connectivity index is 0.00000200. The zero-order valence-electron chi connectivity index (χ0n) is 12.5. The number of rotatable bonds is 4. The van der Waals surface area contributed by atoms with Gasteiger partial charge in [0.1, 0.15) is 0 Å². The molecule has 2 atom stereocenters. The van der Waals surface area contributed by atoms with Gasteiger partial charge < -0.3 is 10.6 Å². The lowest BCUT2D eigenvalue weighted by Gasteiger charge is -2.27. The van der Waals surface area contributed by atoms with Crippen molar-refractivity contribution in [1.29, 1.82) is 0 Å². The average molecular weight is 301 g/mol. The number of carbonyl (C=O) groups excluding carboxylic acids is 1. The van der Waals surface area contributed by atoms with E-state index < -0.39 is 0 Å². The molecule has 2 N–H and O–H groups in total. The zero-order valence-corrected chi connectivity index (χ0v) is 13.3. The maximum absolute atomic E-state index is 12.0. The molecule has 1 aromatic rings. The molecule has 5 nitrogen and oxygen atoms in total. The molecule has 0 aliphatic carbocycles. The summed E-state index contributed by atoms with van der Waals surface area (Å²) in [6.07, 6.45) is 3.02. The molecule has 1 amide bonds. The summed E-state index contributed by atoms with van der Waals surface area (Å²) < 4.78 is 1.77. The van der Waals surface area contributed by atoms with Crippen LogP contribution in [0.25, 0.3) is 0 Å². The quantitative estimate of drug-likeness (QED) is 0.895. The molecule has 1 aliphatic heterocycles. The lowest BCUT2D eigenvalue weighted by molar-refractivity contribution is -0.117. The first-order valence-electron chi connectivity index (χ1n) is 7.07. The predicted octanol–water partition coefficient (Wildman–Crippen LogP) is 2.11. The number of anilines is 1. The summed E-state index contributed by atoms with van der Waals surface area (Å²) in [5.74, 6) is 1.75. The first-order chi connectivity index (χ1) is 9.06. The van der Waals surface area contributed by atoms with Gasteiger partial charge in [-0.25, -0.2) is 0 Å². The molecule has 1 aromatic heterocycles. The predicted molar refractivity (Wildman–Crippen MR) is 83.2 cm³/mol. The highest BCUT2D eigenvalue weighted by atomic mass is 35.5. The van der Waals surface area contributed by atoms with Crippen LogP contribution in [0.1, 0.15) is 31.9 Å². The third kappa shape index (κ3) is 4.49. The highest BCUT2D eigenvalue weighted by Crippen LogP contribution is 2.22. The molecule has 0 bridgehead atoms. The summed E-state index contributed by atoms with van der Waals surface area (Å²) in [4.78, 5) is 12.0. The van der Waals surface area contributed by atoms with Crippen molar-refractivity contribution >= 4 is 24.1 Å². The second-order valence-corrected chi connectivity index (χ2v) is 5.63. The molecule has 1 fully saturated rings. The molecule has 2 rings (SSSR count). The second kappa shape index (κ2) is 7.64. The minimum atomic E-state index is 0.